The maximum atomic E-state index is 5.87. The van der Waals surface area contributed by atoms with Crippen molar-refractivity contribution in [2.24, 2.45) is 0 Å². The summed E-state index contributed by atoms with van der Waals surface area (Å²) in [5.41, 5.74) is 3.68. The average Bonchev–Trinajstić information content (AvgIpc) is 2.47. The molecule has 0 spiro atoms. The van der Waals surface area contributed by atoms with E-state index >= 15 is 0 Å². The van der Waals surface area contributed by atoms with Gasteiger partial charge in [-0.05, 0) is 31.9 Å². The van der Waals surface area contributed by atoms with Crippen LogP contribution >= 0.6 is 0 Å². The molecular formula is C19H24N2O. The second-order valence-electron chi connectivity index (χ2n) is 6.92. The third-order valence-electron chi connectivity index (χ3n) is 3.76. The molecule has 1 aromatic carbocycles. The first kappa shape index (κ1) is 15.0. The highest BCUT2D eigenvalue weighted by Crippen LogP contribution is 2.23. The van der Waals surface area contributed by atoms with Crippen molar-refractivity contribution in [3.63, 3.8) is 0 Å². The molecule has 1 aliphatic heterocycles. The first-order valence-electron chi connectivity index (χ1n) is 7.94. The summed E-state index contributed by atoms with van der Waals surface area (Å²) in [7, 11) is 0. The van der Waals surface area contributed by atoms with Crippen molar-refractivity contribution in [2.75, 3.05) is 6.54 Å². The molecule has 1 aromatic heterocycles. The van der Waals surface area contributed by atoms with Crippen LogP contribution in [0.4, 0.5) is 0 Å². The Kier molecular flexibility index (Phi) is 4.16. The summed E-state index contributed by atoms with van der Waals surface area (Å²) in [5, 5.41) is 0. The molecule has 22 heavy (non-hydrogen) atoms. The predicted octanol–water partition coefficient (Wildman–Crippen LogP) is 3.82. The van der Waals surface area contributed by atoms with E-state index in [0.29, 0.717) is 0 Å². The van der Waals surface area contributed by atoms with Gasteiger partial charge in [-0.2, -0.15) is 0 Å². The van der Waals surface area contributed by atoms with Gasteiger partial charge in [0.2, 0.25) is 5.88 Å². The number of hydrogen-bond donors (Lipinski definition) is 0. The lowest BCUT2D eigenvalue weighted by Crippen LogP contribution is -2.31. The molecule has 0 radical (unpaired) electrons. The van der Waals surface area contributed by atoms with Crippen molar-refractivity contribution in [2.45, 2.75) is 45.9 Å². The van der Waals surface area contributed by atoms with Gasteiger partial charge in [0.25, 0.3) is 0 Å². The maximum absolute atomic E-state index is 5.87. The van der Waals surface area contributed by atoms with Crippen molar-refractivity contribution in [3.8, 4) is 5.88 Å². The van der Waals surface area contributed by atoms with Crippen LogP contribution in [0.3, 0.4) is 0 Å². The summed E-state index contributed by atoms with van der Waals surface area (Å²) >= 11 is 0. The first-order valence-corrected chi connectivity index (χ1v) is 7.94. The third-order valence-corrected chi connectivity index (χ3v) is 3.76. The number of ether oxygens (including phenoxy) is 1. The number of pyridine rings is 1. The normalized spacial score (nSPS) is 15.4. The van der Waals surface area contributed by atoms with Gasteiger partial charge < -0.3 is 4.74 Å². The van der Waals surface area contributed by atoms with Crippen LogP contribution in [0, 0.1) is 0 Å². The lowest BCUT2D eigenvalue weighted by atomic mass is 10.0. The molecule has 0 aliphatic carbocycles. The van der Waals surface area contributed by atoms with Gasteiger partial charge >= 0.3 is 0 Å². The number of fused-ring (bicyclic) bond motifs is 1. The van der Waals surface area contributed by atoms with Crippen LogP contribution < -0.4 is 4.74 Å². The Bertz CT molecular complexity index is 632. The summed E-state index contributed by atoms with van der Waals surface area (Å²) in [6, 6.07) is 14.8. The van der Waals surface area contributed by atoms with Gasteiger partial charge in [0.15, 0.2) is 0 Å². The molecular weight excluding hydrogens is 272 g/mol. The predicted molar refractivity (Wildman–Crippen MR) is 88.9 cm³/mol. The molecule has 3 heteroatoms. The molecule has 0 N–H and O–H groups in total. The van der Waals surface area contributed by atoms with Crippen LogP contribution in [0.1, 0.15) is 37.6 Å². The molecule has 0 saturated carbocycles. The van der Waals surface area contributed by atoms with E-state index in [9.17, 15) is 0 Å². The Morgan fingerprint density at radius 3 is 2.59 bits per heavy atom. The lowest BCUT2D eigenvalue weighted by Gasteiger charge is -2.29. The quantitative estimate of drug-likeness (QED) is 0.861. The molecule has 1 aliphatic rings. The SMILES string of the molecule is CC(C)(C)Oc1ccc2c(n1)CCN(Cc1ccccc1)C2. The number of aromatic nitrogens is 1. The molecule has 0 unspecified atom stereocenters. The number of nitrogens with zero attached hydrogens (tertiary/aromatic N) is 2. The zero-order valence-electron chi connectivity index (χ0n) is 13.7. The van der Waals surface area contributed by atoms with Gasteiger partial charge in [-0.25, -0.2) is 4.98 Å². The second-order valence-corrected chi connectivity index (χ2v) is 6.92. The van der Waals surface area contributed by atoms with E-state index in [1.165, 1.54) is 16.8 Å². The van der Waals surface area contributed by atoms with Crippen LogP contribution in [0.2, 0.25) is 0 Å². The van der Waals surface area contributed by atoms with Gasteiger partial charge in [0.1, 0.15) is 5.60 Å². The molecule has 0 fully saturated rings. The van der Waals surface area contributed by atoms with Crippen LogP contribution in [-0.4, -0.2) is 22.0 Å². The molecule has 3 nitrogen and oxygen atoms in total. The van der Waals surface area contributed by atoms with Gasteiger partial charge in [-0.3, -0.25) is 4.90 Å². The van der Waals surface area contributed by atoms with Gasteiger partial charge in [0.05, 0.1) is 5.69 Å². The Morgan fingerprint density at radius 1 is 1.09 bits per heavy atom. The van der Waals surface area contributed by atoms with E-state index in [1.807, 2.05) is 6.07 Å². The maximum Gasteiger partial charge on any atom is 0.213 e. The largest absolute Gasteiger partial charge is 0.472 e. The van der Waals surface area contributed by atoms with E-state index in [0.717, 1.165) is 31.9 Å². The topological polar surface area (TPSA) is 25.4 Å². The van der Waals surface area contributed by atoms with E-state index in [1.54, 1.807) is 0 Å². The van der Waals surface area contributed by atoms with Crippen molar-refractivity contribution < 1.29 is 4.74 Å². The van der Waals surface area contributed by atoms with Crippen molar-refractivity contribution in [1.82, 2.24) is 9.88 Å². The Morgan fingerprint density at radius 2 is 1.86 bits per heavy atom. The fraction of sp³-hybridized carbons (Fsp3) is 0.421. The van der Waals surface area contributed by atoms with Gasteiger partial charge in [-0.1, -0.05) is 36.4 Å². The third kappa shape index (κ3) is 3.86. The highest BCUT2D eigenvalue weighted by atomic mass is 16.5. The smallest absolute Gasteiger partial charge is 0.213 e. The molecule has 0 bridgehead atoms. The molecule has 0 atom stereocenters. The fourth-order valence-electron chi connectivity index (χ4n) is 2.80. The number of benzene rings is 1. The lowest BCUT2D eigenvalue weighted by molar-refractivity contribution is 0.123. The highest BCUT2D eigenvalue weighted by molar-refractivity contribution is 5.28. The number of rotatable bonds is 3. The minimum Gasteiger partial charge on any atom is -0.472 e. The van der Waals surface area contributed by atoms with E-state index in [-0.39, 0.29) is 5.60 Å². The molecule has 0 saturated heterocycles. The van der Waals surface area contributed by atoms with Crippen LogP contribution in [0.25, 0.3) is 0 Å². The summed E-state index contributed by atoms with van der Waals surface area (Å²) in [4.78, 5) is 7.17. The standard InChI is InChI=1S/C19H24N2O/c1-19(2,3)22-18-10-9-16-14-21(12-11-17(16)20-18)13-15-7-5-4-6-8-15/h4-10H,11-14H2,1-3H3. The zero-order chi connectivity index (χ0) is 15.6. The molecule has 0 amide bonds. The molecule has 3 rings (SSSR count). The van der Waals surface area contributed by atoms with Crippen LogP contribution in [0.5, 0.6) is 5.88 Å². The fourth-order valence-corrected chi connectivity index (χ4v) is 2.80. The first-order chi connectivity index (χ1) is 10.5. The van der Waals surface area contributed by atoms with Crippen LogP contribution in [-0.2, 0) is 19.5 Å². The summed E-state index contributed by atoms with van der Waals surface area (Å²) in [6.45, 7) is 9.17. The Balaban J connectivity index is 1.69. The van der Waals surface area contributed by atoms with E-state index in [4.69, 9.17) is 9.72 Å². The Hall–Kier alpha value is -1.87. The van der Waals surface area contributed by atoms with E-state index < -0.39 is 0 Å². The highest BCUT2D eigenvalue weighted by Gasteiger charge is 2.19. The van der Waals surface area contributed by atoms with Crippen molar-refractivity contribution in [3.05, 3.63) is 59.3 Å². The van der Waals surface area contributed by atoms with Crippen LogP contribution in [0.15, 0.2) is 42.5 Å². The summed E-state index contributed by atoms with van der Waals surface area (Å²) in [6.07, 6.45) is 0.990. The average molecular weight is 296 g/mol. The number of hydrogen-bond acceptors (Lipinski definition) is 3. The second kappa shape index (κ2) is 6.09. The monoisotopic (exact) mass is 296 g/mol. The zero-order valence-corrected chi connectivity index (χ0v) is 13.7. The minimum absolute atomic E-state index is 0.199. The summed E-state index contributed by atoms with van der Waals surface area (Å²) in [5.74, 6) is 0.739. The van der Waals surface area contributed by atoms with Gasteiger partial charge in [-0.15, -0.1) is 0 Å². The Labute approximate surface area is 132 Å². The van der Waals surface area contributed by atoms with Crippen molar-refractivity contribution in [1.29, 1.82) is 0 Å². The van der Waals surface area contributed by atoms with E-state index in [2.05, 4.69) is 62.1 Å². The molecule has 116 valence electrons. The van der Waals surface area contributed by atoms with Gasteiger partial charge in [0, 0.05) is 32.1 Å². The molecule has 2 heterocycles. The van der Waals surface area contributed by atoms with Crippen molar-refractivity contribution >= 4 is 0 Å². The minimum atomic E-state index is -0.199. The summed E-state index contributed by atoms with van der Waals surface area (Å²) < 4.78 is 5.87. The molecule has 2 aromatic rings.